The number of hydrogen-bond donors (Lipinski definition) is 1. The molecule has 1 saturated carbocycles. The van der Waals surface area contributed by atoms with Crippen LogP contribution in [0.15, 0.2) is 12.4 Å². The van der Waals surface area contributed by atoms with Crippen molar-refractivity contribution in [2.45, 2.75) is 25.3 Å². The highest BCUT2D eigenvalue weighted by atomic mass is 19.1. The van der Waals surface area contributed by atoms with Gasteiger partial charge in [-0.05, 0) is 19.3 Å². The maximum absolute atomic E-state index is 12.6. The van der Waals surface area contributed by atoms with Crippen molar-refractivity contribution in [3.63, 3.8) is 0 Å². The van der Waals surface area contributed by atoms with Crippen molar-refractivity contribution in [3.05, 3.63) is 18.2 Å². The summed E-state index contributed by atoms with van der Waals surface area (Å²) < 4.78 is 12.6. The Morgan fingerprint density at radius 1 is 1.40 bits per heavy atom. The van der Waals surface area contributed by atoms with Crippen molar-refractivity contribution in [2.75, 3.05) is 18.1 Å². The quantitative estimate of drug-likeness (QED) is 0.806. The zero-order valence-corrected chi connectivity index (χ0v) is 8.43. The predicted molar refractivity (Wildman–Crippen MR) is 54.1 cm³/mol. The number of anilines is 1. The van der Waals surface area contributed by atoms with Crippen LogP contribution >= 0.6 is 0 Å². The fourth-order valence-corrected chi connectivity index (χ4v) is 1.71. The van der Waals surface area contributed by atoms with Crippen LogP contribution in [0.3, 0.4) is 0 Å². The fraction of sp³-hybridized carbons (Fsp3) is 0.600. The Balaban J connectivity index is 2.12. The van der Waals surface area contributed by atoms with E-state index in [0.29, 0.717) is 18.5 Å². The van der Waals surface area contributed by atoms with Crippen LogP contribution in [0.25, 0.3) is 0 Å². The average Bonchev–Trinajstić information content (AvgIpc) is 2.16. The molecule has 1 aromatic heterocycles. The largest absolute Gasteiger partial charge is 0.395 e. The van der Waals surface area contributed by atoms with Crippen LogP contribution in [0.1, 0.15) is 19.3 Å². The number of aliphatic hydroxyl groups excluding tert-OH is 1. The molecule has 1 aliphatic rings. The molecule has 0 unspecified atom stereocenters. The van der Waals surface area contributed by atoms with E-state index in [0.717, 1.165) is 25.2 Å². The van der Waals surface area contributed by atoms with E-state index in [-0.39, 0.29) is 6.61 Å². The standard InChI is InChI=1S/C10H14FN3O/c11-8-6-12-10(13-7-8)14(4-5-15)9-2-1-3-9/h6-7,9,15H,1-5H2. The molecule has 0 radical (unpaired) electrons. The first-order valence-corrected chi connectivity index (χ1v) is 5.16. The van der Waals surface area contributed by atoms with Gasteiger partial charge < -0.3 is 10.0 Å². The predicted octanol–water partition coefficient (Wildman–Crippen LogP) is 0.967. The molecule has 0 saturated heterocycles. The zero-order valence-electron chi connectivity index (χ0n) is 8.43. The van der Waals surface area contributed by atoms with E-state index in [9.17, 15) is 4.39 Å². The maximum Gasteiger partial charge on any atom is 0.225 e. The summed E-state index contributed by atoms with van der Waals surface area (Å²) in [4.78, 5) is 9.81. The molecule has 1 aromatic rings. The molecule has 0 aliphatic heterocycles. The molecule has 1 aliphatic carbocycles. The molecular formula is C10H14FN3O. The third-order valence-electron chi connectivity index (χ3n) is 2.72. The number of aliphatic hydroxyl groups is 1. The van der Waals surface area contributed by atoms with Crippen molar-refractivity contribution in [1.29, 1.82) is 0 Å². The molecule has 5 heteroatoms. The molecule has 0 spiro atoms. The fourth-order valence-electron chi connectivity index (χ4n) is 1.71. The lowest BCUT2D eigenvalue weighted by Gasteiger charge is -2.37. The van der Waals surface area contributed by atoms with Crippen LogP contribution in [0.2, 0.25) is 0 Å². The lowest BCUT2D eigenvalue weighted by Crippen LogP contribution is -2.42. The highest BCUT2D eigenvalue weighted by Gasteiger charge is 2.26. The van der Waals surface area contributed by atoms with Crippen molar-refractivity contribution in [1.82, 2.24) is 9.97 Å². The molecular weight excluding hydrogens is 197 g/mol. The van der Waals surface area contributed by atoms with Gasteiger partial charge in [0, 0.05) is 12.6 Å². The molecule has 1 heterocycles. The zero-order chi connectivity index (χ0) is 10.7. The normalized spacial score (nSPS) is 16.1. The molecule has 2 rings (SSSR count). The van der Waals surface area contributed by atoms with E-state index in [4.69, 9.17) is 5.11 Å². The molecule has 1 fully saturated rings. The Morgan fingerprint density at radius 2 is 2.07 bits per heavy atom. The van der Waals surface area contributed by atoms with Crippen molar-refractivity contribution in [3.8, 4) is 0 Å². The van der Waals surface area contributed by atoms with Gasteiger partial charge in [-0.2, -0.15) is 0 Å². The first-order chi connectivity index (χ1) is 7.31. The highest BCUT2D eigenvalue weighted by molar-refractivity contribution is 5.31. The van der Waals surface area contributed by atoms with Crippen LogP contribution in [-0.4, -0.2) is 34.3 Å². The van der Waals surface area contributed by atoms with Crippen molar-refractivity contribution < 1.29 is 9.50 Å². The molecule has 1 N–H and O–H groups in total. The van der Waals surface area contributed by atoms with Gasteiger partial charge >= 0.3 is 0 Å². The third-order valence-corrected chi connectivity index (χ3v) is 2.72. The summed E-state index contributed by atoms with van der Waals surface area (Å²) in [6.45, 7) is 0.577. The van der Waals surface area contributed by atoms with Crippen LogP contribution in [0.5, 0.6) is 0 Å². The molecule has 4 nitrogen and oxygen atoms in total. The Morgan fingerprint density at radius 3 is 2.53 bits per heavy atom. The number of rotatable bonds is 4. The summed E-state index contributed by atoms with van der Waals surface area (Å²) in [6.07, 6.45) is 5.71. The molecule has 82 valence electrons. The van der Waals surface area contributed by atoms with E-state index in [1.165, 1.54) is 6.42 Å². The summed E-state index contributed by atoms with van der Waals surface area (Å²) in [5.74, 6) is 0.0754. The van der Waals surface area contributed by atoms with Gasteiger partial charge in [-0.15, -0.1) is 0 Å². The summed E-state index contributed by atoms with van der Waals surface area (Å²) in [6, 6.07) is 0.405. The molecule has 0 aromatic carbocycles. The summed E-state index contributed by atoms with van der Waals surface area (Å²) in [5.41, 5.74) is 0. The van der Waals surface area contributed by atoms with Gasteiger partial charge in [0.1, 0.15) is 0 Å². The van der Waals surface area contributed by atoms with Gasteiger partial charge in [0.05, 0.1) is 19.0 Å². The van der Waals surface area contributed by atoms with Gasteiger partial charge in [-0.3, -0.25) is 0 Å². The van der Waals surface area contributed by atoms with Crippen molar-refractivity contribution in [2.24, 2.45) is 0 Å². The van der Waals surface area contributed by atoms with Gasteiger partial charge in [-0.25, -0.2) is 14.4 Å². The lowest BCUT2D eigenvalue weighted by atomic mass is 9.92. The topological polar surface area (TPSA) is 49.2 Å². The first kappa shape index (κ1) is 10.3. The van der Waals surface area contributed by atoms with Crippen LogP contribution in [0.4, 0.5) is 10.3 Å². The second kappa shape index (κ2) is 4.53. The average molecular weight is 211 g/mol. The first-order valence-electron chi connectivity index (χ1n) is 5.16. The summed E-state index contributed by atoms with van der Waals surface area (Å²) in [7, 11) is 0. The molecule has 15 heavy (non-hydrogen) atoms. The number of hydrogen-bond acceptors (Lipinski definition) is 4. The Kier molecular flexibility index (Phi) is 3.11. The van der Waals surface area contributed by atoms with E-state index in [1.54, 1.807) is 0 Å². The Labute approximate surface area is 87.8 Å². The monoisotopic (exact) mass is 211 g/mol. The lowest BCUT2D eigenvalue weighted by molar-refractivity contribution is 0.282. The second-order valence-electron chi connectivity index (χ2n) is 3.70. The highest BCUT2D eigenvalue weighted by Crippen LogP contribution is 2.26. The minimum absolute atomic E-state index is 0.0667. The smallest absolute Gasteiger partial charge is 0.225 e. The minimum Gasteiger partial charge on any atom is -0.395 e. The van der Waals surface area contributed by atoms with Gasteiger partial charge in [0.25, 0.3) is 0 Å². The molecule has 0 atom stereocenters. The number of aromatic nitrogens is 2. The summed E-state index contributed by atoms with van der Waals surface area (Å²) >= 11 is 0. The SMILES string of the molecule is OCCN(c1ncc(F)cn1)C1CCC1. The second-order valence-corrected chi connectivity index (χ2v) is 3.70. The third kappa shape index (κ3) is 2.23. The molecule has 0 amide bonds. The molecule has 0 bridgehead atoms. The number of nitrogens with zero attached hydrogens (tertiary/aromatic N) is 3. The van der Waals surface area contributed by atoms with Crippen LogP contribution in [-0.2, 0) is 0 Å². The van der Waals surface area contributed by atoms with Crippen molar-refractivity contribution >= 4 is 5.95 Å². The maximum atomic E-state index is 12.6. The summed E-state index contributed by atoms with van der Waals surface area (Å²) in [5, 5.41) is 8.95. The van der Waals surface area contributed by atoms with Gasteiger partial charge in [0.2, 0.25) is 5.95 Å². The van der Waals surface area contributed by atoms with E-state index in [1.807, 2.05) is 4.90 Å². The minimum atomic E-state index is -0.434. The Bertz CT molecular complexity index is 313. The number of halogens is 1. The van der Waals surface area contributed by atoms with E-state index in [2.05, 4.69) is 9.97 Å². The van der Waals surface area contributed by atoms with E-state index < -0.39 is 5.82 Å². The van der Waals surface area contributed by atoms with Crippen LogP contribution < -0.4 is 4.90 Å². The van der Waals surface area contributed by atoms with E-state index >= 15 is 0 Å². The van der Waals surface area contributed by atoms with Crippen LogP contribution in [0, 0.1) is 5.82 Å². The van der Waals surface area contributed by atoms with Gasteiger partial charge in [0.15, 0.2) is 5.82 Å². The Hall–Kier alpha value is -1.23. The van der Waals surface area contributed by atoms with Gasteiger partial charge in [-0.1, -0.05) is 0 Å².